The monoisotopic (exact) mass is 276 g/mol. The van der Waals surface area contributed by atoms with Crippen LogP contribution in [0.2, 0.25) is 0 Å². The van der Waals surface area contributed by atoms with Gasteiger partial charge in [0.15, 0.2) is 0 Å². The zero-order valence-corrected chi connectivity index (χ0v) is 12.2. The summed E-state index contributed by atoms with van der Waals surface area (Å²) < 4.78 is 0. The Morgan fingerprint density at radius 2 is 2.00 bits per heavy atom. The number of aliphatic carboxylic acids is 1. The van der Waals surface area contributed by atoms with Crippen LogP contribution >= 0.6 is 11.8 Å². The lowest BCUT2D eigenvalue weighted by Crippen LogP contribution is -2.46. The molecule has 2 amide bonds. The van der Waals surface area contributed by atoms with E-state index in [2.05, 4.69) is 17.6 Å². The van der Waals surface area contributed by atoms with Crippen molar-refractivity contribution in [2.75, 3.05) is 18.1 Å². The fourth-order valence-corrected chi connectivity index (χ4v) is 2.06. The Morgan fingerprint density at radius 3 is 2.50 bits per heavy atom. The molecule has 0 aliphatic rings. The molecule has 0 aromatic rings. The fourth-order valence-electron chi connectivity index (χ4n) is 1.42. The van der Waals surface area contributed by atoms with Gasteiger partial charge in [0, 0.05) is 6.54 Å². The van der Waals surface area contributed by atoms with E-state index in [1.807, 2.05) is 25.6 Å². The third kappa shape index (κ3) is 9.15. The van der Waals surface area contributed by atoms with E-state index in [9.17, 15) is 9.59 Å². The Hall–Kier alpha value is -0.910. The van der Waals surface area contributed by atoms with E-state index in [1.165, 1.54) is 0 Å². The average molecular weight is 276 g/mol. The van der Waals surface area contributed by atoms with Gasteiger partial charge in [0.25, 0.3) is 0 Å². The van der Waals surface area contributed by atoms with E-state index in [-0.39, 0.29) is 5.92 Å². The first kappa shape index (κ1) is 17.1. The Kier molecular flexibility index (Phi) is 9.55. The SMILES string of the molecule is CCSCCCNC(=O)NC(CC(C)C)C(=O)O. The Morgan fingerprint density at radius 1 is 1.33 bits per heavy atom. The molecule has 1 atom stereocenters. The number of thioether (sulfide) groups is 1. The van der Waals surface area contributed by atoms with Crippen molar-refractivity contribution in [3.05, 3.63) is 0 Å². The molecule has 0 bridgehead atoms. The second kappa shape index (κ2) is 10.1. The number of hydrogen-bond donors (Lipinski definition) is 3. The van der Waals surface area contributed by atoms with Crippen molar-refractivity contribution in [1.82, 2.24) is 10.6 Å². The molecule has 0 rings (SSSR count). The van der Waals surface area contributed by atoms with Crippen LogP contribution in [-0.2, 0) is 4.79 Å². The van der Waals surface area contributed by atoms with E-state index in [1.54, 1.807) is 0 Å². The summed E-state index contributed by atoms with van der Waals surface area (Å²) in [7, 11) is 0. The molecule has 6 heteroatoms. The van der Waals surface area contributed by atoms with Crippen molar-refractivity contribution in [1.29, 1.82) is 0 Å². The third-order valence-corrected chi connectivity index (χ3v) is 3.25. The zero-order valence-electron chi connectivity index (χ0n) is 11.4. The molecule has 0 aromatic heterocycles. The molecule has 0 aliphatic heterocycles. The average Bonchev–Trinajstić information content (AvgIpc) is 2.27. The summed E-state index contributed by atoms with van der Waals surface area (Å²) in [6, 6.07) is -1.21. The van der Waals surface area contributed by atoms with Crippen LogP contribution in [0.1, 0.15) is 33.6 Å². The molecule has 0 fully saturated rings. The maximum Gasteiger partial charge on any atom is 0.326 e. The minimum absolute atomic E-state index is 0.229. The lowest BCUT2D eigenvalue weighted by atomic mass is 10.0. The second-order valence-corrected chi connectivity index (χ2v) is 5.86. The van der Waals surface area contributed by atoms with Gasteiger partial charge in [-0.15, -0.1) is 0 Å². The number of rotatable bonds is 9. The van der Waals surface area contributed by atoms with Crippen molar-refractivity contribution < 1.29 is 14.7 Å². The molecule has 106 valence electrons. The second-order valence-electron chi connectivity index (χ2n) is 4.47. The predicted octanol–water partition coefficient (Wildman–Crippen LogP) is 1.93. The normalized spacial score (nSPS) is 12.2. The Labute approximate surface area is 113 Å². The lowest BCUT2D eigenvalue weighted by Gasteiger charge is -2.16. The number of carboxylic acid groups (broad SMARTS) is 1. The topological polar surface area (TPSA) is 78.4 Å². The third-order valence-electron chi connectivity index (χ3n) is 2.27. The molecule has 0 saturated heterocycles. The molecule has 1 unspecified atom stereocenters. The Bertz CT molecular complexity index is 260. The number of hydrogen-bond acceptors (Lipinski definition) is 3. The van der Waals surface area contributed by atoms with Gasteiger partial charge in [0.1, 0.15) is 6.04 Å². The molecule has 0 aromatic carbocycles. The van der Waals surface area contributed by atoms with E-state index >= 15 is 0 Å². The van der Waals surface area contributed by atoms with Gasteiger partial charge in [-0.3, -0.25) is 0 Å². The van der Waals surface area contributed by atoms with Crippen LogP contribution in [-0.4, -0.2) is 41.2 Å². The quantitative estimate of drug-likeness (QED) is 0.562. The van der Waals surface area contributed by atoms with Gasteiger partial charge in [-0.05, 0) is 30.3 Å². The number of urea groups is 1. The van der Waals surface area contributed by atoms with Crippen LogP contribution in [0.15, 0.2) is 0 Å². The summed E-state index contributed by atoms with van der Waals surface area (Å²) in [5.41, 5.74) is 0. The maximum absolute atomic E-state index is 11.5. The highest BCUT2D eigenvalue weighted by molar-refractivity contribution is 7.99. The highest BCUT2D eigenvalue weighted by Crippen LogP contribution is 2.04. The van der Waals surface area contributed by atoms with E-state index in [4.69, 9.17) is 5.11 Å². The fraction of sp³-hybridized carbons (Fsp3) is 0.833. The summed E-state index contributed by atoms with van der Waals surface area (Å²) in [5, 5.41) is 14.1. The molecule has 18 heavy (non-hydrogen) atoms. The van der Waals surface area contributed by atoms with Crippen molar-refractivity contribution in [3.63, 3.8) is 0 Å². The number of nitrogens with one attached hydrogen (secondary N) is 2. The van der Waals surface area contributed by atoms with Crippen molar-refractivity contribution in [3.8, 4) is 0 Å². The lowest BCUT2D eigenvalue weighted by molar-refractivity contribution is -0.139. The van der Waals surface area contributed by atoms with E-state index in [0.29, 0.717) is 13.0 Å². The highest BCUT2D eigenvalue weighted by Gasteiger charge is 2.20. The molecule has 5 nitrogen and oxygen atoms in total. The van der Waals surface area contributed by atoms with Crippen LogP contribution in [0.25, 0.3) is 0 Å². The standard InChI is InChI=1S/C12H24N2O3S/c1-4-18-7-5-6-13-12(17)14-10(11(15)16)8-9(2)3/h9-10H,4-8H2,1-3H3,(H,15,16)(H2,13,14,17). The summed E-state index contributed by atoms with van der Waals surface area (Å²) >= 11 is 1.82. The van der Waals surface area contributed by atoms with E-state index in [0.717, 1.165) is 17.9 Å². The van der Waals surface area contributed by atoms with Gasteiger partial charge in [-0.2, -0.15) is 11.8 Å². The highest BCUT2D eigenvalue weighted by atomic mass is 32.2. The van der Waals surface area contributed by atoms with Crippen molar-refractivity contribution >= 4 is 23.8 Å². The minimum atomic E-state index is -0.986. The van der Waals surface area contributed by atoms with Gasteiger partial charge in [-0.25, -0.2) is 9.59 Å². The van der Waals surface area contributed by atoms with Crippen LogP contribution in [0, 0.1) is 5.92 Å². The van der Waals surface area contributed by atoms with Crippen LogP contribution in [0.5, 0.6) is 0 Å². The summed E-state index contributed by atoms with van der Waals surface area (Å²) in [4.78, 5) is 22.4. The van der Waals surface area contributed by atoms with Crippen LogP contribution in [0.3, 0.4) is 0 Å². The molecule has 0 radical (unpaired) electrons. The smallest absolute Gasteiger partial charge is 0.326 e. The summed E-state index contributed by atoms with van der Waals surface area (Å²) in [5.74, 6) is 1.32. The first-order chi connectivity index (χ1) is 8.47. The molecule has 0 heterocycles. The first-order valence-corrected chi connectivity index (χ1v) is 7.47. The largest absolute Gasteiger partial charge is 0.480 e. The number of carbonyl (C=O) groups is 2. The predicted molar refractivity (Wildman–Crippen MR) is 75.0 cm³/mol. The summed E-state index contributed by atoms with van der Waals surface area (Å²) in [6.45, 7) is 6.52. The molecule has 3 N–H and O–H groups in total. The zero-order chi connectivity index (χ0) is 14.0. The van der Waals surface area contributed by atoms with Crippen molar-refractivity contribution in [2.45, 2.75) is 39.7 Å². The van der Waals surface area contributed by atoms with E-state index < -0.39 is 18.0 Å². The first-order valence-electron chi connectivity index (χ1n) is 6.32. The number of carbonyl (C=O) groups excluding carboxylic acids is 1. The maximum atomic E-state index is 11.5. The van der Waals surface area contributed by atoms with Gasteiger partial charge in [-0.1, -0.05) is 20.8 Å². The van der Waals surface area contributed by atoms with Gasteiger partial charge < -0.3 is 15.7 Å². The number of carboxylic acids is 1. The van der Waals surface area contributed by atoms with Crippen LogP contribution in [0.4, 0.5) is 4.79 Å². The summed E-state index contributed by atoms with van der Waals surface area (Å²) in [6.07, 6.45) is 1.34. The van der Waals surface area contributed by atoms with Gasteiger partial charge >= 0.3 is 12.0 Å². The van der Waals surface area contributed by atoms with Crippen LogP contribution < -0.4 is 10.6 Å². The molecular formula is C12H24N2O3S. The number of amides is 2. The van der Waals surface area contributed by atoms with Gasteiger partial charge in [0.2, 0.25) is 0 Å². The molecular weight excluding hydrogens is 252 g/mol. The van der Waals surface area contributed by atoms with Gasteiger partial charge in [0.05, 0.1) is 0 Å². The molecule has 0 saturated carbocycles. The van der Waals surface area contributed by atoms with Crippen molar-refractivity contribution in [2.24, 2.45) is 5.92 Å². The minimum Gasteiger partial charge on any atom is -0.480 e. The molecule has 0 aliphatic carbocycles. The molecule has 0 spiro atoms. The Balaban J connectivity index is 3.85.